The van der Waals surface area contributed by atoms with Gasteiger partial charge in [-0.25, -0.2) is 4.39 Å². The Morgan fingerprint density at radius 3 is 2.43 bits per heavy atom. The van der Waals surface area contributed by atoms with Crippen LogP contribution in [0.5, 0.6) is 5.88 Å². The maximum absolute atomic E-state index is 15.0. The van der Waals surface area contributed by atoms with Gasteiger partial charge in [-0.2, -0.15) is 23.4 Å². The maximum atomic E-state index is 15.0. The van der Waals surface area contributed by atoms with E-state index in [4.69, 9.17) is 22.2 Å². The van der Waals surface area contributed by atoms with Crippen molar-refractivity contribution in [2.24, 2.45) is 0 Å². The number of aromatic nitrogens is 2. The van der Waals surface area contributed by atoms with Gasteiger partial charge in [-0.15, -0.1) is 0 Å². The highest BCUT2D eigenvalue weighted by molar-refractivity contribution is 7.81. The van der Waals surface area contributed by atoms with Gasteiger partial charge in [-0.05, 0) is 44.3 Å². The van der Waals surface area contributed by atoms with E-state index < -0.39 is 40.1 Å². The van der Waals surface area contributed by atoms with Gasteiger partial charge in [0.2, 0.25) is 5.88 Å². The van der Waals surface area contributed by atoms with Crippen LogP contribution < -0.4 is 20.1 Å². The fourth-order valence-electron chi connectivity index (χ4n) is 3.81. The molecule has 1 aliphatic rings. The number of methoxy groups -OCH3 is 1. The summed E-state index contributed by atoms with van der Waals surface area (Å²) >= 11 is 5.43. The summed E-state index contributed by atoms with van der Waals surface area (Å²) in [5.74, 6) is -1.71. The Morgan fingerprint density at radius 2 is 1.83 bits per heavy atom. The van der Waals surface area contributed by atoms with E-state index in [2.05, 4.69) is 4.98 Å². The van der Waals surface area contributed by atoms with Crippen molar-refractivity contribution in [2.45, 2.75) is 25.6 Å². The first-order valence-corrected chi connectivity index (χ1v) is 10.3. The zero-order chi connectivity index (χ0) is 25.9. The maximum Gasteiger partial charge on any atom is 0.417 e. The van der Waals surface area contributed by atoms with Crippen LogP contribution in [-0.4, -0.2) is 33.1 Å². The number of anilines is 2. The first-order chi connectivity index (χ1) is 16.3. The third-order valence-corrected chi connectivity index (χ3v) is 5.87. The van der Waals surface area contributed by atoms with Crippen LogP contribution in [0.15, 0.2) is 41.3 Å². The number of fused-ring (bicyclic) bond motifs is 1. The van der Waals surface area contributed by atoms with Gasteiger partial charge in [-0.1, -0.05) is 0 Å². The van der Waals surface area contributed by atoms with Crippen molar-refractivity contribution in [3.8, 4) is 11.9 Å². The molecular weight excluding hydrogens is 490 g/mol. The van der Waals surface area contributed by atoms with E-state index in [0.717, 1.165) is 27.5 Å². The normalized spacial score (nSPS) is 15.6. The minimum atomic E-state index is -4.85. The molecule has 1 saturated heterocycles. The molecule has 0 N–H and O–H groups in total. The zero-order valence-electron chi connectivity index (χ0n) is 18.3. The van der Waals surface area contributed by atoms with Crippen molar-refractivity contribution < 1.29 is 27.1 Å². The first-order valence-electron chi connectivity index (χ1n) is 9.88. The molecule has 0 bridgehead atoms. The molecule has 0 radical (unpaired) electrons. The summed E-state index contributed by atoms with van der Waals surface area (Å²) in [4.78, 5) is 31.8. The second-order valence-corrected chi connectivity index (χ2v) is 8.40. The third kappa shape index (κ3) is 3.75. The van der Waals surface area contributed by atoms with Crippen LogP contribution in [-0.2, 0) is 11.0 Å². The number of hydrogen-bond donors (Lipinski definition) is 0. The Hall–Kier alpha value is -4.05. The summed E-state index contributed by atoms with van der Waals surface area (Å²) in [6.45, 7) is 2.90. The van der Waals surface area contributed by atoms with Crippen LogP contribution in [0, 0.1) is 17.1 Å². The third-order valence-electron chi connectivity index (χ3n) is 5.50. The molecule has 1 aliphatic heterocycles. The molecule has 1 fully saturated rings. The van der Waals surface area contributed by atoms with Crippen LogP contribution in [0.3, 0.4) is 0 Å². The topological polar surface area (TPSA) is 90.9 Å². The fraction of sp³-hybridized carbons (Fsp3) is 0.227. The smallest absolute Gasteiger partial charge is 0.417 e. The van der Waals surface area contributed by atoms with E-state index >= 15 is 0 Å². The number of benzene rings is 1. The molecule has 2 aromatic heterocycles. The highest BCUT2D eigenvalue weighted by Crippen LogP contribution is 2.39. The molecule has 35 heavy (non-hydrogen) atoms. The Morgan fingerprint density at radius 1 is 1.14 bits per heavy atom. The molecule has 8 nitrogen and oxygen atoms in total. The van der Waals surface area contributed by atoms with Crippen LogP contribution in [0.25, 0.3) is 5.65 Å². The van der Waals surface area contributed by atoms with E-state index in [9.17, 15) is 27.2 Å². The van der Waals surface area contributed by atoms with Crippen molar-refractivity contribution in [3.05, 3.63) is 63.8 Å². The lowest BCUT2D eigenvalue weighted by Crippen LogP contribution is -2.44. The number of amides is 1. The Labute approximate surface area is 200 Å². The van der Waals surface area contributed by atoms with Gasteiger partial charge in [0, 0.05) is 12.3 Å². The molecule has 0 saturated carbocycles. The molecule has 0 spiro atoms. The largest absolute Gasteiger partial charge is 0.481 e. The number of ether oxygens (including phenoxy) is 1. The van der Waals surface area contributed by atoms with Gasteiger partial charge in [0.05, 0.1) is 41.7 Å². The monoisotopic (exact) mass is 505 g/mol. The quantitative estimate of drug-likeness (QED) is 0.397. The molecule has 1 amide bonds. The first kappa shape index (κ1) is 24.1. The van der Waals surface area contributed by atoms with Crippen LogP contribution >= 0.6 is 12.2 Å². The van der Waals surface area contributed by atoms with Crippen LogP contribution in [0.1, 0.15) is 25.0 Å². The standard InChI is InChI=1S/C22H15F4N5O3S/c1-21(2)19(33)30(12-5-4-11(9-27)14(6-12)22(24,25)26)20(35)31(21)13-7-15(23)18-28-16(34-3)8-17(32)29(18)10-13/h4-8,10H,1-3H3. The van der Waals surface area contributed by atoms with Gasteiger partial charge in [0.25, 0.3) is 11.5 Å². The molecule has 0 aliphatic carbocycles. The van der Waals surface area contributed by atoms with E-state index in [1.54, 1.807) is 0 Å². The molecule has 3 heterocycles. The number of hydrogen-bond acceptors (Lipinski definition) is 6. The Kier molecular flexibility index (Phi) is 5.52. The second-order valence-electron chi connectivity index (χ2n) is 8.03. The molecule has 3 aromatic rings. The number of thiocarbonyl (C=S) groups is 1. The summed E-state index contributed by atoms with van der Waals surface area (Å²) in [6.07, 6.45) is -3.63. The molecule has 0 unspecified atom stereocenters. The van der Waals surface area contributed by atoms with Crippen LogP contribution in [0.2, 0.25) is 0 Å². The lowest BCUT2D eigenvalue weighted by molar-refractivity contribution is -0.137. The number of rotatable bonds is 3. The number of pyridine rings is 1. The minimum Gasteiger partial charge on any atom is -0.481 e. The SMILES string of the molecule is COc1cc(=O)n2cc(N3C(=S)N(c4ccc(C#N)c(C(F)(F)F)c4)C(=O)C3(C)C)cc(F)c2n1. The molecular formula is C22H15F4N5O3S. The Balaban J connectivity index is 1.87. The van der Waals surface area contributed by atoms with E-state index in [0.29, 0.717) is 6.07 Å². The lowest BCUT2D eigenvalue weighted by atomic mass is 10.0. The van der Waals surface area contributed by atoms with Crippen molar-refractivity contribution in [2.75, 3.05) is 16.9 Å². The summed E-state index contributed by atoms with van der Waals surface area (Å²) in [6, 6.07) is 6.28. The van der Waals surface area contributed by atoms with Gasteiger partial charge in [0.1, 0.15) is 5.54 Å². The summed E-state index contributed by atoms with van der Waals surface area (Å²) in [5.41, 5.74) is -4.52. The predicted molar refractivity (Wildman–Crippen MR) is 121 cm³/mol. The van der Waals surface area contributed by atoms with E-state index in [1.807, 2.05) is 0 Å². The number of alkyl halides is 3. The highest BCUT2D eigenvalue weighted by Gasteiger charge is 2.51. The summed E-state index contributed by atoms with van der Waals surface area (Å²) in [7, 11) is 1.27. The fourth-order valence-corrected chi connectivity index (χ4v) is 4.34. The van der Waals surface area contributed by atoms with Gasteiger partial charge in [0.15, 0.2) is 16.6 Å². The van der Waals surface area contributed by atoms with Gasteiger partial charge in [-0.3, -0.25) is 18.9 Å². The molecule has 4 rings (SSSR count). The van der Waals surface area contributed by atoms with Crippen molar-refractivity contribution in [3.63, 3.8) is 0 Å². The number of nitriles is 1. The molecule has 13 heteroatoms. The minimum absolute atomic E-state index is 0.000364. The second kappa shape index (κ2) is 8.02. The van der Waals surface area contributed by atoms with Gasteiger partial charge < -0.3 is 9.64 Å². The average molecular weight is 505 g/mol. The average Bonchev–Trinajstić information content (AvgIpc) is 2.96. The number of halogens is 4. The van der Waals surface area contributed by atoms with E-state index in [1.165, 1.54) is 44.2 Å². The van der Waals surface area contributed by atoms with E-state index in [-0.39, 0.29) is 28.0 Å². The van der Waals surface area contributed by atoms with Crippen molar-refractivity contribution >= 4 is 40.3 Å². The van der Waals surface area contributed by atoms with Crippen molar-refractivity contribution in [1.29, 1.82) is 5.26 Å². The lowest BCUT2D eigenvalue weighted by Gasteiger charge is -2.29. The zero-order valence-corrected chi connectivity index (χ0v) is 19.2. The molecule has 1 aromatic carbocycles. The Bertz CT molecular complexity index is 1510. The number of carbonyl (C=O) groups is 1. The highest BCUT2D eigenvalue weighted by atomic mass is 32.1. The van der Waals surface area contributed by atoms with Crippen LogP contribution in [0.4, 0.5) is 28.9 Å². The summed E-state index contributed by atoms with van der Waals surface area (Å²) in [5, 5.41) is 8.80. The van der Waals surface area contributed by atoms with Gasteiger partial charge >= 0.3 is 6.18 Å². The molecule has 0 atom stereocenters. The number of carbonyl (C=O) groups excluding carboxylic acids is 1. The number of nitrogens with zero attached hydrogens (tertiary/aromatic N) is 5. The van der Waals surface area contributed by atoms with Crippen molar-refractivity contribution in [1.82, 2.24) is 9.38 Å². The predicted octanol–water partition coefficient (Wildman–Crippen LogP) is 3.65. The molecule has 180 valence electrons. The summed E-state index contributed by atoms with van der Waals surface area (Å²) < 4.78 is 61.2.